The van der Waals surface area contributed by atoms with Gasteiger partial charge < -0.3 is 14.7 Å². The Morgan fingerprint density at radius 2 is 1.97 bits per heavy atom. The maximum Gasteiger partial charge on any atom is 0.257 e. The first-order valence-corrected chi connectivity index (χ1v) is 9.69. The summed E-state index contributed by atoms with van der Waals surface area (Å²) in [6.45, 7) is 1.76. The van der Waals surface area contributed by atoms with Gasteiger partial charge in [0, 0.05) is 25.6 Å². The molecule has 3 aromatic rings. The van der Waals surface area contributed by atoms with Gasteiger partial charge in [-0.25, -0.2) is 9.37 Å². The van der Waals surface area contributed by atoms with Crippen LogP contribution < -0.4 is 15.0 Å². The molecule has 1 aromatic heterocycles. The van der Waals surface area contributed by atoms with Gasteiger partial charge in [-0.05, 0) is 42.8 Å². The summed E-state index contributed by atoms with van der Waals surface area (Å²) in [5, 5.41) is 12.2. The predicted octanol–water partition coefficient (Wildman–Crippen LogP) is 3.43. The normalized spacial score (nSPS) is 10.8. The van der Waals surface area contributed by atoms with Crippen molar-refractivity contribution in [2.24, 2.45) is 0 Å². The van der Waals surface area contributed by atoms with Crippen LogP contribution in [0.4, 0.5) is 15.2 Å². The lowest BCUT2D eigenvalue weighted by molar-refractivity contribution is -0.116. The van der Waals surface area contributed by atoms with E-state index in [1.165, 1.54) is 49.6 Å². The number of amides is 2. The fraction of sp³-hybridized carbons (Fsp3) is 0.250. The predicted molar refractivity (Wildman–Crippen MR) is 110 cm³/mol. The maximum absolute atomic E-state index is 13.1. The van der Waals surface area contributed by atoms with Crippen molar-refractivity contribution in [1.29, 1.82) is 0 Å². The van der Waals surface area contributed by atoms with Crippen molar-refractivity contribution >= 4 is 44.2 Å². The van der Waals surface area contributed by atoms with E-state index in [9.17, 15) is 14.0 Å². The van der Waals surface area contributed by atoms with Crippen LogP contribution in [0.3, 0.4) is 0 Å². The summed E-state index contributed by atoms with van der Waals surface area (Å²) in [6, 6.07) is 8.65. The third-order valence-electron chi connectivity index (χ3n) is 4.24. The summed E-state index contributed by atoms with van der Waals surface area (Å²) in [7, 11) is 1.51. The van der Waals surface area contributed by atoms with Gasteiger partial charge in [-0.1, -0.05) is 11.3 Å². The molecule has 0 atom stereocenters. The van der Waals surface area contributed by atoms with E-state index >= 15 is 0 Å². The zero-order chi connectivity index (χ0) is 21.0. The van der Waals surface area contributed by atoms with E-state index in [1.807, 2.05) is 0 Å². The standard InChI is InChI=1S/C20H20FN3O4S/c1-12(26)24(10-3-11-25)15-8-9-16(28-2)17-18(15)29-20(22-17)23-19(27)13-4-6-14(21)7-5-13/h4-9,25H,3,10-11H2,1-2H3,(H,22,23,27). The van der Waals surface area contributed by atoms with Gasteiger partial charge in [-0.2, -0.15) is 0 Å². The molecule has 2 amide bonds. The summed E-state index contributed by atoms with van der Waals surface area (Å²) in [5.74, 6) is -0.514. The number of rotatable bonds is 7. The number of thiazole rings is 1. The first-order valence-electron chi connectivity index (χ1n) is 8.88. The Hall–Kier alpha value is -3.04. The summed E-state index contributed by atoms with van der Waals surface area (Å²) in [6.07, 6.45) is 0.431. The summed E-state index contributed by atoms with van der Waals surface area (Å²) in [4.78, 5) is 30.6. The fourth-order valence-electron chi connectivity index (χ4n) is 2.85. The third kappa shape index (κ3) is 4.52. The molecule has 0 saturated heterocycles. The molecule has 29 heavy (non-hydrogen) atoms. The van der Waals surface area contributed by atoms with Crippen LogP contribution >= 0.6 is 11.3 Å². The number of carbonyl (C=O) groups excluding carboxylic acids is 2. The number of carbonyl (C=O) groups is 2. The minimum absolute atomic E-state index is 0.0370. The van der Waals surface area contributed by atoms with Gasteiger partial charge in [-0.3, -0.25) is 14.9 Å². The molecule has 9 heteroatoms. The number of hydrogen-bond donors (Lipinski definition) is 2. The molecule has 0 radical (unpaired) electrons. The second kappa shape index (κ2) is 8.97. The van der Waals surface area contributed by atoms with Crippen LogP contribution in [0.15, 0.2) is 36.4 Å². The molecule has 1 heterocycles. The number of aliphatic hydroxyl groups is 1. The molecular weight excluding hydrogens is 397 g/mol. The largest absolute Gasteiger partial charge is 0.494 e. The molecule has 0 spiro atoms. The molecule has 0 saturated carbocycles. The third-order valence-corrected chi connectivity index (χ3v) is 5.24. The van der Waals surface area contributed by atoms with Gasteiger partial charge in [0.1, 0.15) is 17.1 Å². The van der Waals surface area contributed by atoms with Gasteiger partial charge in [0.05, 0.1) is 17.5 Å². The Bertz CT molecular complexity index is 1040. The minimum atomic E-state index is -0.428. The van der Waals surface area contributed by atoms with Crippen LogP contribution in [-0.2, 0) is 4.79 Å². The number of aliphatic hydroxyl groups excluding tert-OH is 1. The van der Waals surface area contributed by atoms with Gasteiger partial charge in [0.25, 0.3) is 5.91 Å². The molecular formula is C20H20FN3O4S. The molecule has 0 aliphatic carbocycles. The average molecular weight is 417 g/mol. The van der Waals surface area contributed by atoms with E-state index < -0.39 is 11.7 Å². The Morgan fingerprint density at radius 1 is 1.24 bits per heavy atom. The number of nitrogens with zero attached hydrogens (tertiary/aromatic N) is 2. The van der Waals surface area contributed by atoms with E-state index in [0.29, 0.717) is 45.3 Å². The van der Waals surface area contributed by atoms with Crippen LogP contribution in [0.5, 0.6) is 5.75 Å². The van der Waals surface area contributed by atoms with Crippen molar-refractivity contribution in [2.45, 2.75) is 13.3 Å². The second-order valence-electron chi connectivity index (χ2n) is 6.19. The first kappa shape index (κ1) is 20.7. The zero-order valence-corrected chi connectivity index (χ0v) is 16.8. The summed E-state index contributed by atoms with van der Waals surface area (Å²) in [5.41, 5.74) is 1.44. The molecule has 0 aliphatic heterocycles. The Morgan fingerprint density at radius 3 is 2.59 bits per heavy atom. The topological polar surface area (TPSA) is 91.8 Å². The molecule has 0 bridgehead atoms. The lowest BCUT2D eigenvalue weighted by atomic mass is 10.2. The van der Waals surface area contributed by atoms with Gasteiger partial charge in [0.2, 0.25) is 5.91 Å². The van der Waals surface area contributed by atoms with Gasteiger partial charge in [0.15, 0.2) is 5.13 Å². The molecule has 0 fully saturated rings. The van der Waals surface area contributed by atoms with E-state index in [4.69, 9.17) is 9.84 Å². The van der Waals surface area contributed by atoms with E-state index in [2.05, 4.69) is 10.3 Å². The van der Waals surface area contributed by atoms with Crippen molar-refractivity contribution in [3.05, 3.63) is 47.8 Å². The number of anilines is 2. The molecule has 0 aliphatic rings. The van der Waals surface area contributed by atoms with Crippen LogP contribution in [0.1, 0.15) is 23.7 Å². The van der Waals surface area contributed by atoms with E-state index in [-0.39, 0.29) is 12.5 Å². The summed E-state index contributed by atoms with van der Waals surface area (Å²) < 4.78 is 19.1. The van der Waals surface area contributed by atoms with Crippen LogP contribution in [-0.4, -0.2) is 42.2 Å². The highest BCUT2D eigenvalue weighted by Gasteiger charge is 2.20. The minimum Gasteiger partial charge on any atom is -0.494 e. The van der Waals surface area contributed by atoms with Crippen LogP contribution in [0.25, 0.3) is 10.2 Å². The van der Waals surface area contributed by atoms with Crippen molar-refractivity contribution in [1.82, 2.24) is 4.98 Å². The highest BCUT2D eigenvalue weighted by atomic mass is 32.1. The Balaban J connectivity index is 1.99. The van der Waals surface area contributed by atoms with Gasteiger partial charge >= 0.3 is 0 Å². The highest BCUT2D eigenvalue weighted by molar-refractivity contribution is 7.23. The number of hydrogen-bond acceptors (Lipinski definition) is 6. The first-order chi connectivity index (χ1) is 13.9. The number of methoxy groups -OCH3 is 1. The van der Waals surface area contributed by atoms with E-state index in [1.54, 1.807) is 17.0 Å². The van der Waals surface area contributed by atoms with Crippen molar-refractivity contribution < 1.29 is 23.8 Å². The molecule has 152 valence electrons. The second-order valence-corrected chi connectivity index (χ2v) is 7.19. The number of fused-ring (bicyclic) bond motifs is 1. The average Bonchev–Trinajstić information content (AvgIpc) is 3.12. The Labute approximate surface area is 170 Å². The number of ether oxygens (including phenoxy) is 1. The molecule has 2 aromatic carbocycles. The Kier molecular flexibility index (Phi) is 6.40. The molecule has 0 unspecified atom stereocenters. The molecule has 3 rings (SSSR count). The molecule has 2 N–H and O–H groups in total. The smallest absolute Gasteiger partial charge is 0.257 e. The van der Waals surface area contributed by atoms with Gasteiger partial charge in [-0.15, -0.1) is 0 Å². The monoisotopic (exact) mass is 417 g/mol. The van der Waals surface area contributed by atoms with Crippen molar-refractivity contribution in [3.63, 3.8) is 0 Å². The SMILES string of the molecule is COc1ccc(N(CCCO)C(C)=O)c2sc(NC(=O)c3ccc(F)cc3)nc12. The number of halogens is 1. The lowest BCUT2D eigenvalue weighted by Crippen LogP contribution is -2.30. The lowest BCUT2D eigenvalue weighted by Gasteiger charge is -2.21. The number of aromatic nitrogens is 1. The fourth-order valence-corrected chi connectivity index (χ4v) is 3.85. The zero-order valence-electron chi connectivity index (χ0n) is 15.9. The number of nitrogens with one attached hydrogen (secondary N) is 1. The van der Waals surface area contributed by atoms with Crippen molar-refractivity contribution in [3.8, 4) is 5.75 Å². The van der Waals surface area contributed by atoms with Crippen LogP contribution in [0, 0.1) is 5.82 Å². The highest BCUT2D eigenvalue weighted by Crippen LogP contribution is 2.39. The van der Waals surface area contributed by atoms with Crippen LogP contribution in [0.2, 0.25) is 0 Å². The summed E-state index contributed by atoms with van der Waals surface area (Å²) >= 11 is 1.21. The maximum atomic E-state index is 13.1. The van der Waals surface area contributed by atoms with E-state index in [0.717, 1.165) is 0 Å². The van der Waals surface area contributed by atoms with Crippen molar-refractivity contribution in [2.75, 3.05) is 30.5 Å². The number of benzene rings is 2. The molecule has 7 nitrogen and oxygen atoms in total. The quantitative estimate of drug-likeness (QED) is 0.615.